The number of piperidine rings is 1. The van der Waals surface area contributed by atoms with E-state index in [0.717, 1.165) is 19.8 Å². The molecule has 2 rings (SSSR count). The summed E-state index contributed by atoms with van der Waals surface area (Å²) in [5, 5.41) is 9.51. The maximum Gasteiger partial charge on any atom is 0.0455 e. The normalized spacial score (nSPS) is 24.0. The van der Waals surface area contributed by atoms with Gasteiger partial charge in [0.25, 0.3) is 0 Å². The fourth-order valence-corrected chi connectivity index (χ4v) is 1.24. The lowest BCUT2D eigenvalue weighted by Crippen LogP contribution is -2.21. The highest BCUT2D eigenvalue weighted by atomic mass is 15.1. The summed E-state index contributed by atoms with van der Waals surface area (Å²) in [6.45, 7) is 5.78. The molecule has 0 aromatic carbocycles. The number of rotatable bonds is 0. The second-order valence-corrected chi connectivity index (χ2v) is 2.99. The molecule has 3 heteroatoms. The van der Waals surface area contributed by atoms with Crippen molar-refractivity contribution in [1.82, 2.24) is 16.0 Å². The van der Waals surface area contributed by atoms with E-state index in [2.05, 4.69) is 16.0 Å². The van der Waals surface area contributed by atoms with E-state index in [1.54, 1.807) is 0 Å². The van der Waals surface area contributed by atoms with Crippen LogP contribution < -0.4 is 16.0 Å². The van der Waals surface area contributed by atoms with Crippen molar-refractivity contribution in [3.63, 3.8) is 0 Å². The first-order valence-corrected chi connectivity index (χ1v) is 4.62. The van der Waals surface area contributed by atoms with Crippen molar-refractivity contribution in [2.45, 2.75) is 19.3 Å². The summed E-state index contributed by atoms with van der Waals surface area (Å²) in [6.07, 6.45) is 4.22. The molecule has 0 unspecified atom stereocenters. The Morgan fingerprint density at radius 1 is 0.545 bits per heavy atom. The molecule has 0 aliphatic carbocycles. The van der Waals surface area contributed by atoms with Crippen LogP contribution in [0.25, 0.3) is 0 Å². The summed E-state index contributed by atoms with van der Waals surface area (Å²) in [4.78, 5) is 0. The Hall–Kier alpha value is -0.120. The molecule has 0 radical (unpaired) electrons. The summed E-state index contributed by atoms with van der Waals surface area (Å²) in [6, 6.07) is 0. The van der Waals surface area contributed by atoms with Gasteiger partial charge >= 0.3 is 0 Å². The van der Waals surface area contributed by atoms with Crippen LogP contribution in [0.2, 0.25) is 0 Å². The van der Waals surface area contributed by atoms with Gasteiger partial charge in [0.05, 0.1) is 0 Å². The van der Waals surface area contributed by atoms with Crippen molar-refractivity contribution < 1.29 is 0 Å². The van der Waals surface area contributed by atoms with Gasteiger partial charge in [-0.25, -0.2) is 0 Å². The highest BCUT2D eigenvalue weighted by Crippen LogP contribution is 1.96. The lowest BCUT2D eigenvalue weighted by Gasteiger charge is -2.08. The Balaban J connectivity index is 0.000000112. The van der Waals surface area contributed by atoms with Crippen molar-refractivity contribution in [1.29, 1.82) is 0 Å². The second-order valence-electron chi connectivity index (χ2n) is 2.99. The summed E-state index contributed by atoms with van der Waals surface area (Å²) >= 11 is 0. The molecular weight excluding hydrogens is 138 g/mol. The molecule has 11 heavy (non-hydrogen) atoms. The molecule has 0 amide bonds. The minimum atomic E-state index is 1.00. The maximum absolute atomic E-state index is 3.28. The first-order chi connectivity index (χ1) is 5.50. The minimum Gasteiger partial charge on any atom is -0.317 e. The first kappa shape index (κ1) is 8.97. The Morgan fingerprint density at radius 2 is 1.18 bits per heavy atom. The molecule has 0 aromatic heterocycles. The van der Waals surface area contributed by atoms with Crippen LogP contribution in [0.1, 0.15) is 19.3 Å². The van der Waals surface area contributed by atoms with Gasteiger partial charge in [-0.2, -0.15) is 0 Å². The highest BCUT2D eigenvalue weighted by Gasteiger charge is 1.93. The van der Waals surface area contributed by atoms with Crippen LogP contribution in [0.5, 0.6) is 0 Å². The van der Waals surface area contributed by atoms with Gasteiger partial charge in [0.15, 0.2) is 0 Å². The molecule has 2 aliphatic rings. The van der Waals surface area contributed by atoms with Crippen molar-refractivity contribution >= 4 is 0 Å². The lowest BCUT2D eigenvalue weighted by atomic mass is 10.2. The molecular formula is C8H19N3. The molecule has 2 saturated heterocycles. The smallest absolute Gasteiger partial charge is 0.0455 e. The van der Waals surface area contributed by atoms with Gasteiger partial charge in [0, 0.05) is 19.8 Å². The third kappa shape index (κ3) is 5.18. The lowest BCUT2D eigenvalue weighted by molar-refractivity contribution is 0.520. The number of hydrogen-bond acceptors (Lipinski definition) is 3. The van der Waals surface area contributed by atoms with Crippen molar-refractivity contribution in [3.05, 3.63) is 0 Å². The van der Waals surface area contributed by atoms with Crippen molar-refractivity contribution in [3.8, 4) is 0 Å². The molecule has 2 aliphatic heterocycles. The molecule has 0 saturated carbocycles. The predicted molar refractivity (Wildman–Crippen MR) is 47.6 cm³/mol. The van der Waals surface area contributed by atoms with E-state index < -0.39 is 0 Å². The van der Waals surface area contributed by atoms with E-state index in [-0.39, 0.29) is 0 Å². The standard InChI is InChI=1S/C5H11N.C3H8N2/c1-2-4-6-5-3-1;1-2-5-3-4-1/h6H,1-5H2;4-5H,1-3H2. The van der Waals surface area contributed by atoms with E-state index in [1.807, 2.05) is 0 Å². The second kappa shape index (κ2) is 6.58. The third-order valence-electron chi connectivity index (χ3n) is 1.94. The van der Waals surface area contributed by atoms with E-state index in [1.165, 1.54) is 32.4 Å². The SMILES string of the molecule is C1CCNCC1.C1CNCN1. The van der Waals surface area contributed by atoms with Crippen molar-refractivity contribution in [2.24, 2.45) is 0 Å². The molecule has 66 valence electrons. The highest BCUT2D eigenvalue weighted by molar-refractivity contribution is 4.55. The van der Waals surface area contributed by atoms with Gasteiger partial charge in [-0.3, -0.25) is 0 Å². The molecule has 0 atom stereocenters. The molecule has 0 spiro atoms. The third-order valence-corrected chi connectivity index (χ3v) is 1.94. The van der Waals surface area contributed by atoms with Crippen LogP contribution in [0.4, 0.5) is 0 Å². The van der Waals surface area contributed by atoms with Crippen LogP contribution in [0, 0.1) is 0 Å². The molecule has 0 bridgehead atoms. The maximum atomic E-state index is 3.28. The quantitative estimate of drug-likeness (QED) is 0.459. The van der Waals surface area contributed by atoms with E-state index in [0.29, 0.717) is 0 Å². The van der Waals surface area contributed by atoms with E-state index >= 15 is 0 Å². The minimum absolute atomic E-state index is 1.00. The van der Waals surface area contributed by atoms with Crippen LogP contribution in [-0.2, 0) is 0 Å². The van der Waals surface area contributed by atoms with E-state index in [4.69, 9.17) is 0 Å². The summed E-state index contributed by atoms with van der Waals surface area (Å²) < 4.78 is 0. The topological polar surface area (TPSA) is 36.1 Å². The Labute approximate surface area is 68.9 Å². The summed E-state index contributed by atoms with van der Waals surface area (Å²) in [5.74, 6) is 0. The van der Waals surface area contributed by atoms with Gasteiger partial charge in [0.2, 0.25) is 0 Å². The Bertz CT molecular complexity index is 58.3. The molecule has 3 N–H and O–H groups in total. The summed E-state index contributed by atoms with van der Waals surface area (Å²) in [7, 11) is 0. The van der Waals surface area contributed by atoms with Crippen LogP contribution in [-0.4, -0.2) is 32.8 Å². The zero-order valence-electron chi connectivity index (χ0n) is 7.16. The molecule has 2 heterocycles. The molecule has 3 nitrogen and oxygen atoms in total. The van der Waals surface area contributed by atoms with Crippen molar-refractivity contribution in [2.75, 3.05) is 32.8 Å². The Morgan fingerprint density at radius 3 is 1.36 bits per heavy atom. The van der Waals surface area contributed by atoms with Gasteiger partial charge in [-0.05, 0) is 25.9 Å². The van der Waals surface area contributed by atoms with Crippen LogP contribution in [0.3, 0.4) is 0 Å². The van der Waals surface area contributed by atoms with Gasteiger partial charge < -0.3 is 16.0 Å². The van der Waals surface area contributed by atoms with E-state index in [9.17, 15) is 0 Å². The average Bonchev–Trinajstić information content (AvgIpc) is 2.64. The average molecular weight is 157 g/mol. The molecule has 2 fully saturated rings. The first-order valence-electron chi connectivity index (χ1n) is 4.62. The summed E-state index contributed by atoms with van der Waals surface area (Å²) in [5.41, 5.74) is 0. The zero-order valence-corrected chi connectivity index (χ0v) is 7.16. The van der Waals surface area contributed by atoms with Crippen LogP contribution in [0.15, 0.2) is 0 Å². The van der Waals surface area contributed by atoms with Gasteiger partial charge in [-0.15, -0.1) is 0 Å². The fraction of sp³-hybridized carbons (Fsp3) is 1.00. The van der Waals surface area contributed by atoms with Gasteiger partial charge in [-0.1, -0.05) is 6.42 Å². The monoisotopic (exact) mass is 157 g/mol. The predicted octanol–water partition coefficient (Wildman–Crippen LogP) is -0.103. The van der Waals surface area contributed by atoms with Gasteiger partial charge in [0.1, 0.15) is 0 Å². The Kier molecular flexibility index (Phi) is 5.37. The fourth-order valence-electron chi connectivity index (χ4n) is 1.24. The van der Waals surface area contributed by atoms with Crippen LogP contribution >= 0.6 is 0 Å². The zero-order chi connectivity index (χ0) is 7.78. The largest absolute Gasteiger partial charge is 0.317 e. The number of hydrogen-bond donors (Lipinski definition) is 3. The number of nitrogens with one attached hydrogen (secondary N) is 3. The molecule has 0 aromatic rings.